The third kappa shape index (κ3) is 9.38. The molecule has 4 atom stereocenters. The normalized spacial score (nSPS) is 21.1. The van der Waals surface area contributed by atoms with Crippen LogP contribution in [0.4, 0.5) is 8.78 Å². The summed E-state index contributed by atoms with van der Waals surface area (Å²) < 4.78 is 66.0. The fraction of sp³-hybridized carbons (Fsp3) is 0.432. The lowest BCUT2D eigenvalue weighted by Gasteiger charge is -2.32. The molecule has 2 aliphatic carbocycles. The zero-order chi connectivity index (χ0) is 37.3. The van der Waals surface area contributed by atoms with E-state index in [4.69, 9.17) is 33.2 Å². The van der Waals surface area contributed by atoms with Crippen LogP contribution < -0.4 is 28.4 Å². The second-order valence-electron chi connectivity index (χ2n) is 14.3. The standard InChI is InChI=1S/C24H27FO5.C20H21FO3/c1-2-27-24(26)12-18-11-16(7-9-21(18)25)20-6-4-3-5-17(20)14-28-19-8-10-22-23(13-19)30-15-29-22;21-16-7-5-14(6-8-16)18-4-2-1-3-15(18)12-22-17-9-10-19-20(11-17)24-13-23-19/h7-11,13,17,20H,2-6,12,14-15H2,1H3;5-11,15,18H,1-4,12-13H2/t17?,20-;15?,18-/m00/s1. The van der Waals surface area contributed by atoms with Crippen molar-refractivity contribution in [2.24, 2.45) is 11.8 Å². The maximum atomic E-state index is 14.3. The third-order valence-electron chi connectivity index (χ3n) is 10.9. The molecule has 2 heterocycles. The maximum Gasteiger partial charge on any atom is 0.310 e. The Morgan fingerprint density at radius 3 is 1.72 bits per heavy atom. The van der Waals surface area contributed by atoms with Gasteiger partial charge in [-0.3, -0.25) is 4.79 Å². The molecule has 0 radical (unpaired) electrons. The summed E-state index contributed by atoms with van der Waals surface area (Å²) in [7, 11) is 0. The predicted octanol–water partition coefficient (Wildman–Crippen LogP) is 9.92. The van der Waals surface area contributed by atoms with Crippen LogP contribution in [0.3, 0.4) is 0 Å². The molecule has 0 spiro atoms. The van der Waals surface area contributed by atoms with Crippen LogP contribution in [0, 0.1) is 23.5 Å². The Kier molecular flexibility index (Phi) is 12.4. The first-order valence-electron chi connectivity index (χ1n) is 19.2. The van der Waals surface area contributed by atoms with Crippen LogP contribution in [-0.2, 0) is 16.0 Å². The molecule has 0 N–H and O–H groups in total. The Morgan fingerprint density at radius 2 is 1.15 bits per heavy atom. The third-order valence-corrected chi connectivity index (χ3v) is 10.9. The van der Waals surface area contributed by atoms with E-state index < -0.39 is 5.97 Å². The number of ether oxygens (including phenoxy) is 7. The van der Waals surface area contributed by atoms with E-state index in [2.05, 4.69) is 0 Å². The van der Waals surface area contributed by atoms with E-state index >= 15 is 0 Å². The first-order chi connectivity index (χ1) is 26.4. The first kappa shape index (κ1) is 37.3. The van der Waals surface area contributed by atoms with Crippen molar-refractivity contribution in [1.29, 1.82) is 0 Å². The molecule has 2 unspecified atom stereocenters. The molecule has 0 bridgehead atoms. The molecule has 8 rings (SSSR count). The fourth-order valence-corrected chi connectivity index (χ4v) is 8.07. The molecule has 8 nitrogen and oxygen atoms in total. The maximum absolute atomic E-state index is 14.3. The summed E-state index contributed by atoms with van der Waals surface area (Å²) in [6.45, 7) is 3.80. The molecular formula is C44H48F2O8. The molecule has 10 heteroatoms. The number of esters is 1. The lowest BCUT2D eigenvalue weighted by molar-refractivity contribution is -0.142. The van der Waals surface area contributed by atoms with Crippen molar-refractivity contribution in [3.63, 3.8) is 0 Å². The van der Waals surface area contributed by atoms with E-state index in [0.717, 1.165) is 72.8 Å². The van der Waals surface area contributed by atoms with Gasteiger partial charge in [0.1, 0.15) is 23.1 Å². The Bertz CT molecular complexity index is 1860. The molecular weight excluding hydrogens is 694 g/mol. The smallest absolute Gasteiger partial charge is 0.310 e. The topological polar surface area (TPSA) is 81.7 Å². The summed E-state index contributed by atoms with van der Waals surface area (Å²) in [4.78, 5) is 11.8. The van der Waals surface area contributed by atoms with Crippen molar-refractivity contribution < 1.29 is 46.7 Å². The van der Waals surface area contributed by atoms with Crippen LogP contribution in [0.5, 0.6) is 34.5 Å². The highest BCUT2D eigenvalue weighted by atomic mass is 19.1. The molecule has 0 amide bonds. The van der Waals surface area contributed by atoms with Gasteiger partial charge in [-0.2, -0.15) is 0 Å². The summed E-state index contributed by atoms with van der Waals surface area (Å²) in [5.74, 6) is 5.05. The van der Waals surface area contributed by atoms with Gasteiger partial charge in [-0.15, -0.1) is 0 Å². The quantitative estimate of drug-likeness (QED) is 0.141. The van der Waals surface area contributed by atoms with Crippen LogP contribution in [-0.4, -0.2) is 39.4 Å². The van der Waals surface area contributed by atoms with E-state index in [1.54, 1.807) is 19.1 Å². The number of rotatable bonds is 11. The number of hydrogen-bond donors (Lipinski definition) is 0. The number of benzene rings is 4. The van der Waals surface area contributed by atoms with Crippen LogP contribution >= 0.6 is 0 Å². The van der Waals surface area contributed by atoms with Gasteiger partial charge in [0.2, 0.25) is 13.6 Å². The second kappa shape index (κ2) is 17.9. The van der Waals surface area contributed by atoms with Crippen molar-refractivity contribution in [2.75, 3.05) is 33.4 Å². The number of carbonyl (C=O) groups is 1. The van der Waals surface area contributed by atoms with Gasteiger partial charge >= 0.3 is 5.97 Å². The first-order valence-corrected chi connectivity index (χ1v) is 19.2. The van der Waals surface area contributed by atoms with Gasteiger partial charge in [0, 0.05) is 12.1 Å². The summed E-state index contributed by atoms with van der Waals surface area (Å²) >= 11 is 0. The average Bonchev–Trinajstić information content (AvgIpc) is 3.88. The van der Waals surface area contributed by atoms with E-state index in [0.29, 0.717) is 48.9 Å². The fourth-order valence-electron chi connectivity index (χ4n) is 8.07. The molecule has 2 fully saturated rings. The van der Waals surface area contributed by atoms with Crippen LogP contribution in [0.15, 0.2) is 78.9 Å². The zero-order valence-electron chi connectivity index (χ0n) is 30.7. The summed E-state index contributed by atoms with van der Waals surface area (Å²) in [6, 6.07) is 23.4. The molecule has 2 saturated carbocycles. The molecule has 4 aromatic rings. The molecule has 0 saturated heterocycles. The SMILES string of the molecule is CCOC(=O)Cc1cc([C@@H]2CCCCC2COc2ccc3c(c2)OCO3)ccc1F.Fc1ccc([C@@H]2CCCCC2COc2ccc3c(c2)OCO3)cc1. The summed E-state index contributed by atoms with van der Waals surface area (Å²) in [5, 5.41) is 0. The lowest BCUT2D eigenvalue weighted by atomic mass is 9.75. The molecule has 4 aliphatic rings. The number of carbonyl (C=O) groups excluding carboxylic acids is 1. The molecule has 2 aliphatic heterocycles. The molecule has 54 heavy (non-hydrogen) atoms. The van der Waals surface area contributed by atoms with Gasteiger partial charge < -0.3 is 33.2 Å². The van der Waals surface area contributed by atoms with Gasteiger partial charge in [0.25, 0.3) is 0 Å². The van der Waals surface area contributed by atoms with Crippen LogP contribution in [0.1, 0.15) is 86.8 Å². The Morgan fingerprint density at radius 1 is 0.630 bits per heavy atom. The van der Waals surface area contributed by atoms with E-state index in [1.807, 2.05) is 60.7 Å². The lowest BCUT2D eigenvalue weighted by Crippen LogP contribution is -2.24. The summed E-state index contributed by atoms with van der Waals surface area (Å²) in [6.07, 6.45) is 9.07. The van der Waals surface area contributed by atoms with Crippen molar-refractivity contribution in [2.45, 2.75) is 76.5 Å². The Hall–Kier alpha value is -4.99. The Labute approximate surface area is 315 Å². The summed E-state index contributed by atoms with van der Waals surface area (Å²) in [5.41, 5.74) is 2.68. The minimum atomic E-state index is -0.403. The van der Waals surface area contributed by atoms with Gasteiger partial charge in [-0.05, 0) is 115 Å². The average molecular weight is 743 g/mol. The minimum absolute atomic E-state index is 0.0431. The number of halogens is 2. The van der Waals surface area contributed by atoms with Gasteiger partial charge in [0.05, 0.1) is 26.2 Å². The molecule has 0 aromatic heterocycles. The van der Waals surface area contributed by atoms with Crippen LogP contribution in [0.25, 0.3) is 0 Å². The van der Waals surface area contributed by atoms with Gasteiger partial charge in [-0.25, -0.2) is 8.78 Å². The zero-order valence-corrected chi connectivity index (χ0v) is 30.7. The minimum Gasteiger partial charge on any atom is -0.493 e. The largest absolute Gasteiger partial charge is 0.493 e. The second-order valence-corrected chi connectivity index (χ2v) is 14.3. The highest BCUT2D eigenvalue weighted by molar-refractivity contribution is 5.72. The van der Waals surface area contributed by atoms with Crippen molar-refractivity contribution >= 4 is 5.97 Å². The van der Waals surface area contributed by atoms with Crippen molar-refractivity contribution in [3.8, 4) is 34.5 Å². The highest BCUT2D eigenvalue weighted by Crippen LogP contribution is 2.41. The predicted molar refractivity (Wildman–Crippen MR) is 199 cm³/mol. The van der Waals surface area contributed by atoms with Crippen molar-refractivity contribution in [3.05, 3.63) is 107 Å². The van der Waals surface area contributed by atoms with Crippen LogP contribution in [0.2, 0.25) is 0 Å². The van der Waals surface area contributed by atoms with E-state index in [9.17, 15) is 13.6 Å². The van der Waals surface area contributed by atoms with Crippen molar-refractivity contribution in [1.82, 2.24) is 0 Å². The highest BCUT2D eigenvalue weighted by Gasteiger charge is 2.29. The molecule has 286 valence electrons. The monoisotopic (exact) mass is 742 g/mol. The van der Waals surface area contributed by atoms with E-state index in [1.165, 1.54) is 24.5 Å². The number of fused-ring (bicyclic) bond motifs is 2. The Balaban J connectivity index is 0.000000171. The van der Waals surface area contributed by atoms with Gasteiger partial charge in [0.15, 0.2) is 23.0 Å². The van der Waals surface area contributed by atoms with E-state index in [-0.39, 0.29) is 37.6 Å². The number of hydrogen-bond acceptors (Lipinski definition) is 8. The molecule has 4 aromatic carbocycles. The van der Waals surface area contributed by atoms with Gasteiger partial charge in [-0.1, -0.05) is 49.9 Å².